The molecule has 1 aromatic rings. The summed E-state index contributed by atoms with van der Waals surface area (Å²) < 4.78 is 0. The third-order valence-corrected chi connectivity index (χ3v) is 2.65. The second kappa shape index (κ2) is 6.67. The standard InChI is InChI=1S/C14H18N2O2/c1-3-11(4-2)16-14(18)13(15)9-10-5-7-12(17)8-6-10/h1,5-8,11,13,17H,4,9,15H2,2H3,(H,16,18)/t11?,13-/m0/s1. The summed E-state index contributed by atoms with van der Waals surface area (Å²) >= 11 is 0. The molecule has 0 fully saturated rings. The third kappa shape index (κ3) is 4.11. The Morgan fingerprint density at radius 2 is 2.11 bits per heavy atom. The minimum atomic E-state index is -0.642. The summed E-state index contributed by atoms with van der Waals surface area (Å²) in [5, 5.41) is 11.8. The number of amides is 1. The van der Waals surface area contributed by atoms with Crippen LogP contribution in [0.15, 0.2) is 24.3 Å². The van der Waals surface area contributed by atoms with E-state index in [0.717, 1.165) is 5.56 Å². The highest BCUT2D eigenvalue weighted by molar-refractivity contribution is 5.82. The van der Waals surface area contributed by atoms with Crippen LogP contribution in [0.5, 0.6) is 5.75 Å². The fraction of sp³-hybridized carbons (Fsp3) is 0.357. The first-order valence-electron chi connectivity index (χ1n) is 5.86. The molecule has 0 bridgehead atoms. The number of phenolic OH excluding ortho intramolecular Hbond substituents is 1. The number of hydrogen-bond acceptors (Lipinski definition) is 3. The molecule has 0 spiro atoms. The van der Waals surface area contributed by atoms with Crippen molar-refractivity contribution in [2.75, 3.05) is 0 Å². The van der Waals surface area contributed by atoms with E-state index < -0.39 is 6.04 Å². The second-order valence-corrected chi connectivity index (χ2v) is 4.11. The van der Waals surface area contributed by atoms with Gasteiger partial charge in [-0.15, -0.1) is 6.42 Å². The molecule has 0 aliphatic carbocycles. The highest BCUT2D eigenvalue weighted by atomic mass is 16.3. The molecule has 18 heavy (non-hydrogen) atoms. The first-order valence-corrected chi connectivity index (χ1v) is 5.86. The van der Waals surface area contributed by atoms with Crippen molar-refractivity contribution in [3.63, 3.8) is 0 Å². The zero-order valence-electron chi connectivity index (χ0n) is 10.4. The van der Waals surface area contributed by atoms with Crippen LogP contribution < -0.4 is 11.1 Å². The topological polar surface area (TPSA) is 75.4 Å². The molecule has 1 aromatic carbocycles. The maximum Gasteiger partial charge on any atom is 0.238 e. The highest BCUT2D eigenvalue weighted by Crippen LogP contribution is 2.10. The Hall–Kier alpha value is -1.99. The lowest BCUT2D eigenvalue weighted by Gasteiger charge is -2.15. The van der Waals surface area contributed by atoms with Crippen molar-refractivity contribution >= 4 is 5.91 Å². The van der Waals surface area contributed by atoms with Crippen LogP contribution in [0.4, 0.5) is 0 Å². The molecule has 4 nitrogen and oxygen atoms in total. The Morgan fingerprint density at radius 1 is 1.50 bits per heavy atom. The van der Waals surface area contributed by atoms with Crippen molar-refractivity contribution in [3.05, 3.63) is 29.8 Å². The lowest BCUT2D eigenvalue weighted by Crippen LogP contribution is -2.45. The number of aromatic hydroxyl groups is 1. The molecular formula is C14H18N2O2. The van der Waals surface area contributed by atoms with Crippen LogP contribution in [0.3, 0.4) is 0 Å². The molecule has 0 aliphatic rings. The fourth-order valence-electron chi connectivity index (χ4n) is 1.52. The van der Waals surface area contributed by atoms with Gasteiger partial charge in [0.15, 0.2) is 0 Å². The van der Waals surface area contributed by atoms with Crippen molar-refractivity contribution in [3.8, 4) is 18.1 Å². The van der Waals surface area contributed by atoms with Gasteiger partial charge in [-0.25, -0.2) is 0 Å². The molecule has 1 unspecified atom stereocenters. The molecule has 1 rings (SSSR count). The van der Waals surface area contributed by atoms with Gasteiger partial charge >= 0.3 is 0 Å². The van der Waals surface area contributed by atoms with E-state index in [1.807, 2.05) is 6.92 Å². The minimum Gasteiger partial charge on any atom is -0.508 e. The molecule has 1 amide bonds. The number of nitrogens with one attached hydrogen (secondary N) is 1. The van der Waals surface area contributed by atoms with E-state index in [0.29, 0.717) is 12.8 Å². The predicted octanol–water partition coefficient (Wildman–Crippen LogP) is 0.790. The smallest absolute Gasteiger partial charge is 0.238 e. The van der Waals surface area contributed by atoms with Crippen molar-refractivity contribution in [1.29, 1.82) is 0 Å². The summed E-state index contributed by atoms with van der Waals surface area (Å²) in [5.74, 6) is 2.42. The lowest BCUT2D eigenvalue weighted by atomic mass is 10.1. The zero-order chi connectivity index (χ0) is 13.5. The number of terminal acetylenes is 1. The molecule has 96 valence electrons. The number of benzene rings is 1. The average Bonchev–Trinajstić information content (AvgIpc) is 2.38. The van der Waals surface area contributed by atoms with Crippen LogP contribution in [-0.2, 0) is 11.2 Å². The Balaban J connectivity index is 2.55. The summed E-state index contributed by atoms with van der Waals surface area (Å²) in [6.45, 7) is 1.90. The van der Waals surface area contributed by atoms with Gasteiger partial charge in [0.25, 0.3) is 0 Å². The monoisotopic (exact) mass is 246 g/mol. The minimum absolute atomic E-state index is 0.190. The quantitative estimate of drug-likeness (QED) is 0.672. The van der Waals surface area contributed by atoms with Gasteiger partial charge in [0.05, 0.1) is 12.1 Å². The fourth-order valence-corrected chi connectivity index (χ4v) is 1.52. The molecule has 0 radical (unpaired) electrons. The predicted molar refractivity (Wildman–Crippen MR) is 70.8 cm³/mol. The largest absolute Gasteiger partial charge is 0.508 e. The number of carbonyl (C=O) groups is 1. The van der Waals surface area contributed by atoms with E-state index in [9.17, 15) is 4.79 Å². The summed E-state index contributed by atoms with van der Waals surface area (Å²) in [6.07, 6.45) is 6.35. The Morgan fingerprint density at radius 3 is 2.61 bits per heavy atom. The number of hydrogen-bond donors (Lipinski definition) is 3. The molecule has 2 atom stereocenters. The summed E-state index contributed by atoms with van der Waals surface area (Å²) in [5.41, 5.74) is 6.69. The molecule has 4 N–H and O–H groups in total. The maximum absolute atomic E-state index is 11.8. The van der Waals surface area contributed by atoms with Gasteiger partial charge in [0.1, 0.15) is 5.75 Å². The van der Waals surface area contributed by atoms with Crippen molar-refractivity contribution < 1.29 is 9.90 Å². The van der Waals surface area contributed by atoms with Crippen LogP contribution in [0.1, 0.15) is 18.9 Å². The van der Waals surface area contributed by atoms with E-state index >= 15 is 0 Å². The van der Waals surface area contributed by atoms with Gasteiger partial charge in [-0.3, -0.25) is 4.79 Å². The number of nitrogens with two attached hydrogens (primary N) is 1. The molecule has 0 aromatic heterocycles. The SMILES string of the molecule is C#CC(CC)NC(=O)[C@@H](N)Cc1ccc(O)cc1. The zero-order valence-corrected chi connectivity index (χ0v) is 10.4. The third-order valence-electron chi connectivity index (χ3n) is 2.65. The normalized spacial score (nSPS) is 13.4. The first-order chi connectivity index (χ1) is 8.56. The lowest BCUT2D eigenvalue weighted by molar-refractivity contribution is -0.122. The number of carbonyl (C=O) groups excluding carboxylic acids is 1. The maximum atomic E-state index is 11.8. The summed E-state index contributed by atoms with van der Waals surface area (Å²) in [6, 6.07) is 5.69. The number of rotatable bonds is 5. The van der Waals surface area contributed by atoms with E-state index in [4.69, 9.17) is 17.3 Å². The van der Waals surface area contributed by atoms with Gasteiger partial charge in [-0.05, 0) is 30.5 Å². The van der Waals surface area contributed by atoms with Gasteiger partial charge in [-0.2, -0.15) is 0 Å². The van der Waals surface area contributed by atoms with Crippen molar-refractivity contribution in [2.45, 2.75) is 31.8 Å². The first kappa shape index (κ1) is 14.1. The van der Waals surface area contributed by atoms with Gasteiger partial charge in [0, 0.05) is 0 Å². The van der Waals surface area contributed by atoms with Crippen LogP contribution in [0, 0.1) is 12.3 Å². The molecule has 0 aliphatic heterocycles. The van der Waals surface area contributed by atoms with Gasteiger partial charge in [-0.1, -0.05) is 25.0 Å². The summed E-state index contributed by atoms with van der Waals surface area (Å²) in [7, 11) is 0. The van der Waals surface area contributed by atoms with Gasteiger partial charge in [0.2, 0.25) is 5.91 Å². The second-order valence-electron chi connectivity index (χ2n) is 4.11. The average molecular weight is 246 g/mol. The van der Waals surface area contributed by atoms with Gasteiger partial charge < -0.3 is 16.2 Å². The van der Waals surface area contributed by atoms with E-state index in [2.05, 4.69) is 11.2 Å². The Bertz CT molecular complexity index is 434. The van der Waals surface area contributed by atoms with Crippen LogP contribution in [-0.4, -0.2) is 23.1 Å². The highest BCUT2D eigenvalue weighted by Gasteiger charge is 2.16. The van der Waals surface area contributed by atoms with E-state index in [1.54, 1.807) is 24.3 Å². The van der Waals surface area contributed by atoms with E-state index in [-0.39, 0.29) is 17.7 Å². The number of phenols is 1. The van der Waals surface area contributed by atoms with Crippen LogP contribution in [0.25, 0.3) is 0 Å². The molecule has 0 heterocycles. The summed E-state index contributed by atoms with van der Waals surface area (Å²) in [4.78, 5) is 11.8. The molecular weight excluding hydrogens is 228 g/mol. The van der Waals surface area contributed by atoms with Crippen molar-refractivity contribution in [2.24, 2.45) is 5.73 Å². The molecule has 4 heteroatoms. The van der Waals surface area contributed by atoms with E-state index in [1.165, 1.54) is 0 Å². The van der Waals surface area contributed by atoms with Crippen molar-refractivity contribution in [1.82, 2.24) is 5.32 Å². The Labute approximate surface area is 107 Å². The van der Waals surface area contributed by atoms with Crippen LogP contribution >= 0.6 is 0 Å². The molecule has 0 saturated heterocycles. The molecule has 0 saturated carbocycles. The Kier molecular flexibility index (Phi) is 5.22. The van der Waals surface area contributed by atoms with Crippen LogP contribution in [0.2, 0.25) is 0 Å².